The van der Waals surface area contributed by atoms with Crippen LogP contribution in [0.1, 0.15) is 46.1 Å². The van der Waals surface area contributed by atoms with Crippen molar-refractivity contribution in [3.63, 3.8) is 0 Å². The highest BCUT2D eigenvalue weighted by atomic mass is 16.5. The number of hydrogen-bond donors (Lipinski definition) is 2. The van der Waals surface area contributed by atoms with E-state index in [1.54, 1.807) is 6.92 Å². The topological polar surface area (TPSA) is 93.5 Å². The van der Waals surface area contributed by atoms with Crippen molar-refractivity contribution in [2.75, 3.05) is 5.32 Å². The van der Waals surface area contributed by atoms with Gasteiger partial charge >= 0.3 is 5.97 Å². The molecule has 26 heavy (non-hydrogen) atoms. The molecule has 0 spiro atoms. The summed E-state index contributed by atoms with van der Waals surface area (Å²) < 4.78 is 7.01. The van der Waals surface area contributed by atoms with E-state index >= 15 is 0 Å². The summed E-state index contributed by atoms with van der Waals surface area (Å²) in [6.07, 6.45) is 2.18. The molecule has 0 fully saturated rings. The Bertz CT molecular complexity index is 796. The van der Waals surface area contributed by atoms with E-state index in [1.807, 2.05) is 24.3 Å². The SMILES string of the molecule is CC(Oc1cccc(C(C)C)c1)C(=O)Nc1cnn(C(C)(C)C(=O)O)c1. The molecule has 2 N–H and O–H groups in total. The minimum atomic E-state index is -1.21. The normalized spacial score (nSPS) is 12.7. The van der Waals surface area contributed by atoms with Crippen molar-refractivity contribution in [3.05, 3.63) is 42.2 Å². The van der Waals surface area contributed by atoms with Crippen LogP contribution < -0.4 is 10.1 Å². The number of aromatic nitrogens is 2. The standard InChI is InChI=1S/C19H25N3O4/c1-12(2)14-7-6-8-16(9-14)26-13(3)17(23)21-15-10-20-22(11-15)19(4,5)18(24)25/h6-13H,1-5H3,(H,21,23)(H,24,25). The number of carbonyl (C=O) groups is 2. The molecule has 0 bridgehead atoms. The Balaban J connectivity index is 2.03. The van der Waals surface area contributed by atoms with Gasteiger partial charge in [-0.05, 0) is 44.4 Å². The third-order valence-electron chi connectivity index (χ3n) is 4.15. The molecule has 2 aromatic rings. The summed E-state index contributed by atoms with van der Waals surface area (Å²) in [5.74, 6) is -0.361. The third-order valence-corrected chi connectivity index (χ3v) is 4.15. The molecule has 7 heteroatoms. The van der Waals surface area contributed by atoms with Gasteiger partial charge in [-0.2, -0.15) is 5.10 Å². The lowest BCUT2D eigenvalue weighted by molar-refractivity contribution is -0.146. The van der Waals surface area contributed by atoms with Gasteiger partial charge in [0.05, 0.1) is 11.9 Å². The van der Waals surface area contributed by atoms with Crippen molar-refractivity contribution in [3.8, 4) is 5.75 Å². The number of ether oxygens (including phenoxy) is 1. The number of hydrogen-bond acceptors (Lipinski definition) is 4. The van der Waals surface area contributed by atoms with Crippen LogP contribution in [-0.4, -0.2) is 32.9 Å². The summed E-state index contributed by atoms with van der Waals surface area (Å²) in [7, 11) is 0. The van der Waals surface area contributed by atoms with Gasteiger partial charge in [0.25, 0.3) is 5.91 Å². The van der Waals surface area contributed by atoms with Crippen LogP contribution in [-0.2, 0) is 15.1 Å². The van der Waals surface area contributed by atoms with E-state index in [0.717, 1.165) is 5.56 Å². The van der Waals surface area contributed by atoms with Crippen LogP contribution in [0, 0.1) is 0 Å². The minimum absolute atomic E-state index is 0.340. The number of carboxylic acids is 1. The maximum absolute atomic E-state index is 12.3. The Morgan fingerprint density at radius 3 is 2.58 bits per heavy atom. The summed E-state index contributed by atoms with van der Waals surface area (Å²) in [5.41, 5.74) is 0.338. The van der Waals surface area contributed by atoms with Gasteiger partial charge in [0.15, 0.2) is 11.6 Å². The second kappa shape index (κ2) is 7.59. The number of nitrogens with one attached hydrogen (secondary N) is 1. The maximum atomic E-state index is 12.3. The number of rotatable bonds is 7. The molecule has 0 aliphatic heterocycles. The van der Waals surface area contributed by atoms with E-state index < -0.39 is 17.6 Å². The number of amides is 1. The van der Waals surface area contributed by atoms with Crippen molar-refractivity contribution in [2.45, 2.75) is 52.2 Å². The smallest absolute Gasteiger partial charge is 0.331 e. The van der Waals surface area contributed by atoms with Gasteiger partial charge in [-0.3, -0.25) is 9.48 Å². The quantitative estimate of drug-likeness (QED) is 0.791. The van der Waals surface area contributed by atoms with Gasteiger partial charge in [0.1, 0.15) is 5.75 Å². The molecule has 0 aliphatic carbocycles. The van der Waals surface area contributed by atoms with E-state index in [2.05, 4.69) is 24.3 Å². The number of aliphatic carboxylic acids is 1. The van der Waals surface area contributed by atoms with Crippen LogP contribution in [0.15, 0.2) is 36.7 Å². The van der Waals surface area contributed by atoms with Crippen LogP contribution in [0.3, 0.4) is 0 Å². The molecule has 0 saturated carbocycles. The fourth-order valence-corrected chi connectivity index (χ4v) is 2.24. The van der Waals surface area contributed by atoms with Crippen molar-refractivity contribution in [1.82, 2.24) is 9.78 Å². The van der Waals surface area contributed by atoms with Gasteiger partial charge < -0.3 is 15.2 Å². The van der Waals surface area contributed by atoms with E-state index in [-0.39, 0.29) is 5.91 Å². The van der Waals surface area contributed by atoms with Crippen molar-refractivity contribution >= 4 is 17.6 Å². The zero-order chi connectivity index (χ0) is 19.5. The molecule has 1 amide bonds. The number of nitrogens with zero attached hydrogens (tertiary/aromatic N) is 2. The van der Waals surface area contributed by atoms with Crippen molar-refractivity contribution < 1.29 is 19.4 Å². The van der Waals surface area contributed by atoms with Crippen LogP contribution >= 0.6 is 0 Å². The predicted octanol–water partition coefficient (Wildman–Crippen LogP) is 3.23. The molecule has 1 aromatic heterocycles. The third kappa shape index (κ3) is 4.41. The number of benzene rings is 1. The minimum Gasteiger partial charge on any atom is -0.481 e. The van der Waals surface area contributed by atoms with Crippen LogP contribution in [0.25, 0.3) is 0 Å². The summed E-state index contributed by atoms with van der Waals surface area (Å²) in [6.45, 7) is 8.89. The summed E-state index contributed by atoms with van der Waals surface area (Å²) >= 11 is 0. The first kappa shape index (κ1) is 19.5. The first-order chi connectivity index (χ1) is 12.1. The molecule has 2 rings (SSSR count). The first-order valence-electron chi connectivity index (χ1n) is 8.47. The number of anilines is 1. The van der Waals surface area contributed by atoms with Crippen LogP contribution in [0.5, 0.6) is 5.75 Å². The van der Waals surface area contributed by atoms with E-state index in [0.29, 0.717) is 17.4 Å². The Hall–Kier alpha value is -2.83. The fraction of sp³-hybridized carbons (Fsp3) is 0.421. The highest BCUT2D eigenvalue weighted by molar-refractivity contribution is 5.93. The second-order valence-electron chi connectivity index (χ2n) is 7.01. The molecular formula is C19H25N3O4. The van der Waals surface area contributed by atoms with E-state index in [4.69, 9.17) is 4.74 Å². The lowest BCUT2D eigenvalue weighted by atomic mass is 10.0. The molecular weight excluding hydrogens is 334 g/mol. The van der Waals surface area contributed by atoms with Gasteiger partial charge in [-0.25, -0.2) is 4.79 Å². The fourth-order valence-electron chi connectivity index (χ4n) is 2.24. The highest BCUT2D eigenvalue weighted by Gasteiger charge is 2.30. The van der Waals surface area contributed by atoms with E-state index in [9.17, 15) is 14.7 Å². The van der Waals surface area contributed by atoms with Crippen molar-refractivity contribution in [2.24, 2.45) is 0 Å². The summed E-state index contributed by atoms with van der Waals surface area (Å²) in [5, 5.41) is 15.9. The maximum Gasteiger partial charge on any atom is 0.331 e. The first-order valence-corrected chi connectivity index (χ1v) is 8.47. The average molecular weight is 359 g/mol. The monoisotopic (exact) mass is 359 g/mol. The molecule has 0 radical (unpaired) electrons. The molecule has 7 nitrogen and oxygen atoms in total. The Labute approximate surface area is 153 Å². The number of carbonyl (C=O) groups excluding carboxylic acids is 1. The van der Waals surface area contributed by atoms with Gasteiger partial charge in [0.2, 0.25) is 0 Å². The Kier molecular flexibility index (Phi) is 5.69. The van der Waals surface area contributed by atoms with Gasteiger partial charge in [-0.1, -0.05) is 26.0 Å². The van der Waals surface area contributed by atoms with Crippen LogP contribution in [0.4, 0.5) is 5.69 Å². The Morgan fingerprint density at radius 1 is 1.27 bits per heavy atom. The zero-order valence-electron chi connectivity index (χ0n) is 15.7. The molecule has 1 atom stereocenters. The van der Waals surface area contributed by atoms with Crippen molar-refractivity contribution in [1.29, 1.82) is 0 Å². The molecule has 1 unspecified atom stereocenters. The average Bonchev–Trinajstić information content (AvgIpc) is 3.04. The largest absolute Gasteiger partial charge is 0.481 e. The zero-order valence-corrected chi connectivity index (χ0v) is 15.7. The summed E-state index contributed by atoms with van der Waals surface area (Å²) in [6, 6.07) is 7.64. The lowest BCUT2D eigenvalue weighted by Crippen LogP contribution is -2.36. The summed E-state index contributed by atoms with van der Waals surface area (Å²) in [4.78, 5) is 23.6. The van der Waals surface area contributed by atoms with E-state index in [1.165, 1.54) is 30.9 Å². The molecule has 0 aliphatic rings. The molecule has 140 valence electrons. The number of carboxylic acid groups (broad SMARTS) is 1. The lowest BCUT2D eigenvalue weighted by Gasteiger charge is -2.19. The van der Waals surface area contributed by atoms with Gasteiger partial charge in [-0.15, -0.1) is 0 Å². The van der Waals surface area contributed by atoms with Crippen LogP contribution in [0.2, 0.25) is 0 Å². The Morgan fingerprint density at radius 2 is 1.96 bits per heavy atom. The molecule has 1 aromatic carbocycles. The predicted molar refractivity (Wildman–Crippen MR) is 98.4 cm³/mol. The van der Waals surface area contributed by atoms with Gasteiger partial charge in [0, 0.05) is 6.20 Å². The molecule has 1 heterocycles. The highest BCUT2D eigenvalue weighted by Crippen LogP contribution is 2.22. The second-order valence-corrected chi connectivity index (χ2v) is 7.01. The molecule has 0 saturated heterocycles.